The number of hydrogen-bond donors (Lipinski definition) is 2. The van der Waals surface area contributed by atoms with Crippen LogP contribution in [0.1, 0.15) is 29.2 Å². The molecule has 2 N–H and O–H groups in total. The van der Waals surface area contributed by atoms with Gasteiger partial charge < -0.3 is 15.4 Å². The zero-order valence-corrected chi connectivity index (χ0v) is 20.3. The topological polar surface area (TPSA) is 61.8 Å². The van der Waals surface area contributed by atoms with Crippen molar-refractivity contribution < 1.29 is 17.9 Å². The lowest BCUT2D eigenvalue weighted by Crippen LogP contribution is -2.46. The van der Waals surface area contributed by atoms with Gasteiger partial charge in [0.15, 0.2) is 11.7 Å². The molecule has 3 rings (SSSR count). The molecule has 1 aromatic carbocycles. The number of aromatic nitrogens is 1. The van der Waals surface area contributed by atoms with Gasteiger partial charge in [0.25, 0.3) is 0 Å². The summed E-state index contributed by atoms with van der Waals surface area (Å²) in [6.45, 7) is 6.36. The Hall–Kier alpha value is -1.44. The highest BCUT2D eigenvalue weighted by Crippen LogP contribution is 2.30. The van der Waals surface area contributed by atoms with E-state index in [4.69, 9.17) is 4.74 Å². The molecule has 2 aromatic rings. The summed E-state index contributed by atoms with van der Waals surface area (Å²) in [6.07, 6.45) is -4.43. The molecule has 1 aliphatic rings. The van der Waals surface area contributed by atoms with Gasteiger partial charge in [0, 0.05) is 31.6 Å². The second-order valence-corrected chi connectivity index (χ2v) is 7.72. The van der Waals surface area contributed by atoms with Crippen LogP contribution in [-0.2, 0) is 17.5 Å². The van der Waals surface area contributed by atoms with Crippen molar-refractivity contribution in [2.45, 2.75) is 25.7 Å². The largest absolute Gasteiger partial charge is 0.434 e. The fourth-order valence-electron chi connectivity index (χ4n) is 3.22. The first-order chi connectivity index (χ1) is 14.5. The van der Waals surface area contributed by atoms with Crippen LogP contribution in [0.3, 0.4) is 0 Å². The Morgan fingerprint density at radius 1 is 1.23 bits per heavy atom. The minimum Gasteiger partial charge on any atom is -0.379 e. The molecule has 0 spiro atoms. The maximum Gasteiger partial charge on any atom is 0.434 e. The van der Waals surface area contributed by atoms with Crippen molar-refractivity contribution in [1.29, 1.82) is 0 Å². The van der Waals surface area contributed by atoms with E-state index < -0.39 is 11.9 Å². The maximum absolute atomic E-state index is 12.7. The first-order valence-electron chi connectivity index (χ1n) is 9.88. The minimum atomic E-state index is -4.43. The third-order valence-electron chi connectivity index (χ3n) is 4.69. The molecular weight excluding hydrogens is 542 g/mol. The third kappa shape index (κ3) is 7.88. The van der Waals surface area contributed by atoms with Crippen molar-refractivity contribution in [3.63, 3.8) is 0 Å². The van der Waals surface area contributed by atoms with E-state index in [1.54, 1.807) is 0 Å². The van der Waals surface area contributed by atoms with Gasteiger partial charge in [0.1, 0.15) is 5.01 Å². The zero-order valence-electron chi connectivity index (χ0n) is 17.2. The lowest BCUT2D eigenvalue weighted by Gasteiger charge is -2.35. The summed E-state index contributed by atoms with van der Waals surface area (Å²) in [4.78, 5) is 10.4. The summed E-state index contributed by atoms with van der Waals surface area (Å²) in [6, 6.07) is 10.4. The van der Waals surface area contributed by atoms with Gasteiger partial charge >= 0.3 is 6.18 Å². The molecule has 1 fully saturated rings. The molecule has 1 atom stereocenters. The molecular formula is C20H27F3IN5OS. The molecule has 1 aliphatic heterocycles. The molecule has 1 saturated heterocycles. The average molecular weight is 569 g/mol. The number of hydrogen-bond acceptors (Lipinski definition) is 5. The van der Waals surface area contributed by atoms with Crippen LogP contribution in [0.5, 0.6) is 0 Å². The van der Waals surface area contributed by atoms with Gasteiger partial charge in [0.2, 0.25) is 0 Å². The van der Waals surface area contributed by atoms with Crippen LogP contribution in [0, 0.1) is 0 Å². The van der Waals surface area contributed by atoms with Crippen molar-refractivity contribution in [2.24, 2.45) is 4.99 Å². The quantitative estimate of drug-likeness (QED) is 0.301. The van der Waals surface area contributed by atoms with Gasteiger partial charge in [-0.25, -0.2) is 9.98 Å². The van der Waals surface area contributed by atoms with Crippen molar-refractivity contribution in [1.82, 2.24) is 20.5 Å². The van der Waals surface area contributed by atoms with Crippen LogP contribution in [0.15, 0.2) is 40.7 Å². The molecule has 1 aromatic heterocycles. The highest BCUT2D eigenvalue weighted by molar-refractivity contribution is 14.0. The second-order valence-electron chi connectivity index (χ2n) is 6.78. The maximum atomic E-state index is 12.7. The molecule has 0 amide bonds. The Labute approximate surface area is 201 Å². The standard InChI is InChI=1S/C20H26F3N5OS.HI/c1-2-24-19(26-13-18-27-17(14-30-18)20(21,22)23)25-12-16(15-6-4-3-5-7-15)28-8-10-29-11-9-28;/h3-7,14,16H,2,8-13H2,1H3,(H2,24,25,26);1H. The number of aliphatic imine (C=N–C) groups is 1. The number of guanidine groups is 1. The van der Waals surface area contributed by atoms with Crippen molar-refractivity contribution in [3.05, 3.63) is 52.0 Å². The smallest absolute Gasteiger partial charge is 0.379 e. The first kappa shape index (κ1) is 25.8. The highest BCUT2D eigenvalue weighted by Gasteiger charge is 2.33. The van der Waals surface area contributed by atoms with Crippen LogP contribution in [0.4, 0.5) is 13.2 Å². The molecule has 0 bridgehead atoms. The fourth-order valence-corrected chi connectivity index (χ4v) is 3.94. The van der Waals surface area contributed by atoms with Gasteiger partial charge in [-0.2, -0.15) is 13.2 Å². The van der Waals surface area contributed by atoms with Crippen LogP contribution in [-0.4, -0.2) is 55.2 Å². The van der Waals surface area contributed by atoms with Gasteiger partial charge in [-0.3, -0.25) is 4.90 Å². The second kappa shape index (κ2) is 12.6. The summed E-state index contributed by atoms with van der Waals surface area (Å²) in [5.74, 6) is 0.551. The van der Waals surface area contributed by atoms with E-state index in [-0.39, 0.29) is 36.6 Å². The number of benzene rings is 1. The highest BCUT2D eigenvalue weighted by atomic mass is 127. The Morgan fingerprint density at radius 3 is 2.55 bits per heavy atom. The van der Waals surface area contributed by atoms with Crippen molar-refractivity contribution >= 4 is 41.3 Å². The molecule has 31 heavy (non-hydrogen) atoms. The predicted octanol–water partition coefficient (Wildman–Crippen LogP) is 3.91. The number of morpholine rings is 1. The number of thiazole rings is 1. The van der Waals surface area contributed by atoms with Gasteiger partial charge in [-0.1, -0.05) is 30.3 Å². The Bertz CT molecular complexity index is 813. The Balaban J connectivity index is 0.00000341. The van der Waals surface area contributed by atoms with Crippen LogP contribution >= 0.6 is 35.3 Å². The first-order valence-corrected chi connectivity index (χ1v) is 10.8. The Morgan fingerprint density at radius 2 is 1.94 bits per heavy atom. The van der Waals surface area contributed by atoms with E-state index >= 15 is 0 Å². The molecule has 2 heterocycles. The average Bonchev–Trinajstić information content (AvgIpc) is 3.23. The van der Waals surface area contributed by atoms with Crippen LogP contribution in [0.25, 0.3) is 0 Å². The van der Waals surface area contributed by atoms with Crippen molar-refractivity contribution in [3.8, 4) is 0 Å². The zero-order chi connectivity index (χ0) is 21.4. The molecule has 1 unspecified atom stereocenters. The summed E-state index contributed by atoms with van der Waals surface area (Å²) in [5, 5.41) is 7.83. The number of ether oxygens (including phenoxy) is 1. The van der Waals surface area contributed by atoms with E-state index in [2.05, 4.69) is 37.6 Å². The van der Waals surface area contributed by atoms with E-state index in [0.717, 1.165) is 29.8 Å². The number of rotatable bonds is 7. The number of nitrogens with zero attached hydrogens (tertiary/aromatic N) is 3. The number of halogens is 4. The van der Waals surface area contributed by atoms with E-state index in [1.807, 2.05) is 25.1 Å². The molecule has 11 heteroatoms. The van der Waals surface area contributed by atoms with Gasteiger partial charge in [0.05, 0.1) is 25.8 Å². The molecule has 0 radical (unpaired) electrons. The normalized spacial score (nSPS) is 16.5. The van der Waals surface area contributed by atoms with E-state index in [1.165, 1.54) is 5.56 Å². The summed E-state index contributed by atoms with van der Waals surface area (Å²) < 4.78 is 43.7. The van der Waals surface area contributed by atoms with E-state index in [9.17, 15) is 13.2 Å². The predicted molar refractivity (Wildman–Crippen MR) is 127 cm³/mol. The Kier molecular flexibility index (Phi) is 10.5. The van der Waals surface area contributed by atoms with Gasteiger partial charge in [-0.05, 0) is 12.5 Å². The third-order valence-corrected chi connectivity index (χ3v) is 5.53. The van der Waals surface area contributed by atoms with Crippen LogP contribution < -0.4 is 10.6 Å². The SMILES string of the molecule is CCNC(=NCc1nc(C(F)(F)F)cs1)NCC(c1ccccc1)N1CCOCC1.I. The fraction of sp³-hybridized carbons (Fsp3) is 0.500. The summed E-state index contributed by atoms with van der Waals surface area (Å²) >= 11 is 0.965. The summed E-state index contributed by atoms with van der Waals surface area (Å²) in [5.41, 5.74) is 0.324. The molecule has 0 aliphatic carbocycles. The van der Waals surface area contributed by atoms with Crippen LogP contribution in [0.2, 0.25) is 0 Å². The number of alkyl halides is 3. The molecule has 0 saturated carbocycles. The molecule has 6 nitrogen and oxygen atoms in total. The monoisotopic (exact) mass is 569 g/mol. The lowest BCUT2D eigenvalue weighted by atomic mass is 10.0. The van der Waals surface area contributed by atoms with Gasteiger partial charge in [-0.15, -0.1) is 35.3 Å². The molecule has 172 valence electrons. The minimum absolute atomic E-state index is 0. The van der Waals surface area contributed by atoms with E-state index in [0.29, 0.717) is 37.3 Å². The number of nitrogens with one attached hydrogen (secondary N) is 2. The summed E-state index contributed by atoms with van der Waals surface area (Å²) in [7, 11) is 0. The lowest BCUT2D eigenvalue weighted by molar-refractivity contribution is -0.140. The van der Waals surface area contributed by atoms with Crippen molar-refractivity contribution in [2.75, 3.05) is 39.4 Å².